The third-order valence-corrected chi connectivity index (χ3v) is 3.69. The van der Waals surface area contributed by atoms with Gasteiger partial charge in [0.25, 0.3) is 0 Å². The predicted octanol–water partition coefficient (Wildman–Crippen LogP) is 3.81. The molecule has 0 atom stereocenters. The Kier molecular flexibility index (Phi) is 4.70. The molecule has 24 heavy (non-hydrogen) atoms. The van der Waals surface area contributed by atoms with Gasteiger partial charge in [-0.1, -0.05) is 12.1 Å². The Bertz CT molecular complexity index is 901. The second kappa shape index (κ2) is 7.08. The Balaban J connectivity index is 1.92. The van der Waals surface area contributed by atoms with E-state index in [0.717, 1.165) is 22.4 Å². The highest BCUT2D eigenvalue weighted by molar-refractivity contribution is 5.81. The zero-order valence-electron chi connectivity index (χ0n) is 13.7. The van der Waals surface area contributed by atoms with Gasteiger partial charge in [0.15, 0.2) is 0 Å². The van der Waals surface area contributed by atoms with Crippen molar-refractivity contribution in [1.29, 1.82) is 0 Å². The van der Waals surface area contributed by atoms with Crippen molar-refractivity contribution in [2.24, 2.45) is 0 Å². The highest BCUT2D eigenvalue weighted by Gasteiger charge is 2.08. The Labute approximate surface area is 139 Å². The van der Waals surface area contributed by atoms with Crippen LogP contribution in [0.5, 0.6) is 11.5 Å². The van der Waals surface area contributed by atoms with Crippen LogP contribution in [0.25, 0.3) is 11.0 Å². The van der Waals surface area contributed by atoms with Crippen LogP contribution < -0.4 is 20.4 Å². The van der Waals surface area contributed by atoms with E-state index >= 15 is 0 Å². The highest BCUT2D eigenvalue weighted by atomic mass is 16.5. The normalized spacial score (nSPS) is 10.6. The maximum Gasteiger partial charge on any atom is 0.336 e. The summed E-state index contributed by atoms with van der Waals surface area (Å²) in [6.45, 7) is 3.02. The second-order valence-corrected chi connectivity index (χ2v) is 5.24. The number of benzene rings is 2. The van der Waals surface area contributed by atoms with Gasteiger partial charge in [0.1, 0.15) is 17.1 Å². The Morgan fingerprint density at radius 2 is 1.96 bits per heavy atom. The SMILES string of the molecule is CCOc1ccccc1NCc1cc(=O)oc2cc(OC)ccc12. The van der Waals surface area contributed by atoms with Gasteiger partial charge in [-0.15, -0.1) is 0 Å². The fourth-order valence-electron chi connectivity index (χ4n) is 2.57. The van der Waals surface area contributed by atoms with E-state index < -0.39 is 0 Å². The van der Waals surface area contributed by atoms with Gasteiger partial charge in [0.2, 0.25) is 0 Å². The molecule has 0 saturated heterocycles. The van der Waals surface area contributed by atoms with E-state index in [1.807, 2.05) is 43.3 Å². The van der Waals surface area contributed by atoms with Gasteiger partial charge in [-0.3, -0.25) is 0 Å². The van der Waals surface area contributed by atoms with Crippen molar-refractivity contribution in [1.82, 2.24) is 0 Å². The van der Waals surface area contributed by atoms with Crippen LogP contribution in [0.15, 0.2) is 57.7 Å². The summed E-state index contributed by atoms with van der Waals surface area (Å²) in [4.78, 5) is 11.8. The molecular weight excluding hydrogens is 306 g/mol. The molecule has 0 aliphatic carbocycles. The Morgan fingerprint density at radius 1 is 1.12 bits per heavy atom. The number of para-hydroxylation sites is 2. The molecule has 3 aromatic rings. The van der Waals surface area contributed by atoms with Crippen molar-refractivity contribution in [3.05, 3.63) is 64.5 Å². The molecule has 5 heteroatoms. The molecule has 5 nitrogen and oxygen atoms in total. The summed E-state index contributed by atoms with van der Waals surface area (Å²) < 4.78 is 16.1. The minimum atomic E-state index is -0.384. The number of hydrogen-bond donors (Lipinski definition) is 1. The Hall–Kier alpha value is -2.95. The van der Waals surface area contributed by atoms with E-state index in [4.69, 9.17) is 13.9 Å². The minimum Gasteiger partial charge on any atom is -0.497 e. The van der Waals surface area contributed by atoms with E-state index in [1.54, 1.807) is 13.2 Å². The van der Waals surface area contributed by atoms with Gasteiger partial charge in [0, 0.05) is 24.1 Å². The molecule has 0 fully saturated rings. The summed E-state index contributed by atoms with van der Waals surface area (Å²) >= 11 is 0. The lowest BCUT2D eigenvalue weighted by molar-refractivity contribution is 0.341. The quantitative estimate of drug-likeness (QED) is 0.698. The zero-order chi connectivity index (χ0) is 16.9. The molecule has 3 rings (SSSR count). The van der Waals surface area contributed by atoms with E-state index in [0.29, 0.717) is 24.5 Å². The van der Waals surface area contributed by atoms with E-state index in [2.05, 4.69) is 5.32 Å². The molecule has 0 unspecified atom stereocenters. The molecule has 0 radical (unpaired) electrons. The molecular formula is C19H19NO4. The fourth-order valence-corrected chi connectivity index (χ4v) is 2.57. The fraction of sp³-hybridized carbons (Fsp3) is 0.211. The standard InChI is InChI=1S/C19H19NO4/c1-3-23-17-7-5-4-6-16(17)20-12-13-10-19(21)24-18-11-14(22-2)8-9-15(13)18/h4-11,20H,3,12H2,1-2H3. The number of hydrogen-bond acceptors (Lipinski definition) is 5. The lowest BCUT2D eigenvalue weighted by atomic mass is 10.1. The maximum atomic E-state index is 11.8. The second-order valence-electron chi connectivity index (χ2n) is 5.24. The molecule has 0 amide bonds. The average molecular weight is 325 g/mol. The van der Waals surface area contributed by atoms with Crippen LogP contribution in [0.1, 0.15) is 12.5 Å². The van der Waals surface area contributed by atoms with Crippen molar-refractivity contribution < 1.29 is 13.9 Å². The van der Waals surface area contributed by atoms with E-state index in [9.17, 15) is 4.79 Å². The smallest absolute Gasteiger partial charge is 0.336 e. The molecule has 0 spiro atoms. The molecule has 1 aromatic heterocycles. The van der Waals surface area contributed by atoms with Crippen LogP contribution in [0.2, 0.25) is 0 Å². The first-order valence-electron chi connectivity index (χ1n) is 7.77. The molecule has 0 aliphatic heterocycles. The van der Waals surface area contributed by atoms with Crippen molar-refractivity contribution in [3.63, 3.8) is 0 Å². The van der Waals surface area contributed by atoms with Crippen LogP contribution in [0.4, 0.5) is 5.69 Å². The summed E-state index contributed by atoms with van der Waals surface area (Å²) in [6, 6.07) is 14.7. The highest BCUT2D eigenvalue weighted by Crippen LogP contribution is 2.26. The molecule has 0 bridgehead atoms. The summed E-state index contributed by atoms with van der Waals surface area (Å²) in [5, 5.41) is 4.20. The van der Waals surface area contributed by atoms with Crippen LogP contribution in [-0.2, 0) is 6.54 Å². The third-order valence-electron chi connectivity index (χ3n) is 3.69. The number of anilines is 1. The van der Waals surface area contributed by atoms with Gasteiger partial charge >= 0.3 is 5.63 Å². The van der Waals surface area contributed by atoms with E-state index in [1.165, 1.54) is 6.07 Å². The summed E-state index contributed by atoms with van der Waals surface area (Å²) in [7, 11) is 1.58. The average Bonchev–Trinajstić information content (AvgIpc) is 2.60. The first-order chi connectivity index (χ1) is 11.7. The molecule has 0 saturated carbocycles. The third kappa shape index (κ3) is 3.35. The summed E-state index contributed by atoms with van der Waals surface area (Å²) in [6.07, 6.45) is 0. The maximum absolute atomic E-state index is 11.8. The van der Waals surface area contributed by atoms with Crippen molar-refractivity contribution in [2.45, 2.75) is 13.5 Å². The van der Waals surface area contributed by atoms with Gasteiger partial charge in [-0.2, -0.15) is 0 Å². The topological polar surface area (TPSA) is 60.7 Å². The first kappa shape index (κ1) is 15.9. The van der Waals surface area contributed by atoms with Gasteiger partial charge in [-0.05, 0) is 36.8 Å². The molecule has 1 heterocycles. The largest absolute Gasteiger partial charge is 0.497 e. The number of fused-ring (bicyclic) bond motifs is 1. The van der Waals surface area contributed by atoms with Crippen LogP contribution >= 0.6 is 0 Å². The number of nitrogens with one attached hydrogen (secondary N) is 1. The van der Waals surface area contributed by atoms with Crippen molar-refractivity contribution >= 4 is 16.7 Å². The lowest BCUT2D eigenvalue weighted by Crippen LogP contribution is -2.07. The van der Waals surface area contributed by atoms with Gasteiger partial charge < -0.3 is 19.2 Å². The van der Waals surface area contributed by atoms with Crippen LogP contribution in [0, 0.1) is 0 Å². The monoisotopic (exact) mass is 325 g/mol. The lowest BCUT2D eigenvalue weighted by Gasteiger charge is -2.13. The first-order valence-corrected chi connectivity index (χ1v) is 7.77. The minimum absolute atomic E-state index is 0.384. The Morgan fingerprint density at radius 3 is 2.75 bits per heavy atom. The number of ether oxygens (including phenoxy) is 2. The van der Waals surface area contributed by atoms with E-state index in [-0.39, 0.29) is 5.63 Å². The molecule has 2 aromatic carbocycles. The summed E-state index contributed by atoms with van der Waals surface area (Å²) in [5.74, 6) is 1.44. The van der Waals surface area contributed by atoms with Crippen molar-refractivity contribution in [3.8, 4) is 11.5 Å². The van der Waals surface area contributed by atoms with Gasteiger partial charge in [0.05, 0.1) is 19.4 Å². The van der Waals surface area contributed by atoms with Gasteiger partial charge in [-0.25, -0.2) is 4.79 Å². The molecule has 124 valence electrons. The number of methoxy groups -OCH3 is 1. The van der Waals surface area contributed by atoms with Crippen LogP contribution in [0.3, 0.4) is 0 Å². The molecule has 0 aliphatic rings. The van der Waals surface area contributed by atoms with Crippen molar-refractivity contribution in [2.75, 3.05) is 19.0 Å². The number of rotatable bonds is 6. The summed E-state index contributed by atoms with van der Waals surface area (Å²) in [5.41, 5.74) is 1.87. The molecule has 1 N–H and O–H groups in total. The van der Waals surface area contributed by atoms with Crippen LogP contribution in [-0.4, -0.2) is 13.7 Å². The zero-order valence-corrected chi connectivity index (χ0v) is 13.7. The predicted molar refractivity (Wildman–Crippen MR) is 94.0 cm³/mol.